The Morgan fingerprint density at radius 2 is 1.66 bits per heavy atom. The number of benzene rings is 2. The molecular weight excluding hydrogens is 508 g/mol. The number of rotatable bonds is 5. The topological polar surface area (TPSA) is 69.7 Å². The summed E-state index contributed by atoms with van der Waals surface area (Å²) in [6.45, 7) is 1.82. The van der Waals surface area contributed by atoms with E-state index in [1.54, 1.807) is 6.07 Å². The van der Waals surface area contributed by atoms with Crippen molar-refractivity contribution in [3.63, 3.8) is 0 Å². The number of halogens is 2. The number of nitrogens with zero attached hydrogens (tertiary/aromatic N) is 2. The Kier molecular flexibility index (Phi) is 6.11. The number of piperidine rings is 1. The van der Waals surface area contributed by atoms with Crippen LogP contribution in [0.15, 0.2) is 42.5 Å². The van der Waals surface area contributed by atoms with Crippen molar-refractivity contribution in [2.24, 2.45) is 5.41 Å². The average Bonchev–Trinajstić information content (AvgIpc) is 3.56. The number of alkyl halides is 2. The maximum Gasteiger partial charge on any atom is 0.258 e. The first kappa shape index (κ1) is 25.7. The molecule has 2 aliphatic carbocycles. The van der Waals surface area contributed by atoms with Crippen LogP contribution in [0.3, 0.4) is 0 Å². The predicted molar refractivity (Wildman–Crippen MR) is 146 cm³/mol. The quantitative estimate of drug-likeness (QED) is 0.517. The molecule has 0 bridgehead atoms. The van der Waals surface area contributed by atoms with Crippen molar-refractivity contribution >= 4 is 27.3 Å². The van der Waals surface area contributed by atoms with Gasteiger partial charge in [0.2, 0.25) is 10.0 Å². The summed E-state index contributed by atoms with van der Waals surface area (Å²) in [7, 11) is -3.42. The van der Waals surface area contributed by atoms with Gasteiger partial charge >= 0.3 is 0 Å². The normalized spacial score (nSPS) is 23.4. The summed E-state index contributed by atoms with van der Waals surface area (Å²) in [5.74, 6) is -2.66. The molecule has 1 amide bonds. The van der Waals surface area contributed by atoms with E-state index in [2.05, 4.69) is 4.72 Å². The van der Waals surface area contributed by atoms with Crippen molar-refractivity contribution in [3.8, 4) is 0 Å². The Morgan fingerprint density at radius 3 is 2.32 bits per heavy atom. The Bertz CT molecular complexity index is 1360. The Labute approximate surface area is 224 Å². The van der Waals surface area contributed by atoms with Crippen LogP contribution in [0.2, 0.25) is 0 Å². The van der Waals surface area contributed by atoms with E-state index in [9.17, 15) is 22.0 Å². The predicted octanol–water partition coefficient (Wildman–Crippen LogP) is 5.79. The van der Waals surface area contributed by atoms with Gasteiger partial charge in [0.25, 0.3) is 11.8 Å². The van der Waals surface area contributed by atoms with Gasteiger partial charge in [0.1, 0.15) is 0 Å². The summed E-state index contributed by atoms with van der Waals surface area (Å²) in [6.07, 6.45) is 7.73. The molecule has 6 nitrogen and oxygen atoms in total. The largest absolute Gasteiger partial charge is 0.307 e. The highest BCUT2D eigenvalue weighted by molar-refractivity contribution is 7.92. The van der Waals surface area contributed by atoms with Crippen LogP contribution in [0, 0.1) is 5.41 Å². The highest BCUT2D eigenvalue weighted by Gasteiger charge is 2.53. The molecule has 0 atom stereocenters. The fourth-order valence-corrected chi connectivity index (χ4v) is 7.30. The molecule has 2 aromatic carbocycles. The SMILES string of the molecule is CS(=O)(=O)Nc1ccc2c(c1)C1(CCC3(CC3)CC1)CN2C(=O)c1cccc(CN2CCC(F)(F)CC2)c1.[HH]. The van der Waals surface area contributed by atoms with E-state index in [4.69, 9.17) is 0 Å². The number of hydrogen-bond donors (Lipinski definition) is 1. The maximum atomic E-state index is 13.9. The molecule has 3 fully saturated rings. The van der Waals surface area contributed by atoms with Gasteiger partial charge in [-0.2, -0.15) is 0 Å². The van der Waals surface area contributed by atoms with Crippen LogP contribution < -0.4 is 9.62 Å². The molecule has 0 unspecified atom stereocenters. The van der Waals surface area contributed by atoms with Gasteiger partial charge in [-0.15, -0.1) is 0 Å². The van der Waals surface area contributed by atoms with Crippen molar-refractivity contribution in [2.45, 2.75) is 69.2 Å². The van der Waals surface area contributed by atoms with E-state index in [1.807, 2.05) is 46.2 Å². The lowest BCUT2D eigenvalue weighted by Crippen LogP contribution is -2.40. The number of nitrogens with one attached hydrogen (secondary N) is 1. The number of likely N-dealkylation sites (tertiary alicyclic amines) is 1. The van der Waals surface area contributed by atoms with Crippen LogP contribution in [-0.2, 0) is 22.0 Å². The standard InChI is InChI=1S/C29H35F2N3O3S.H2/c1-38(36,37)32-23-5-6-25-24(18-23)28(11-9-27(7-8-27)10-12-28)20-34(25)26(35)22-4-2-3-21(17-22)19-33-15-13-29(30,31)14-16-33;/h2-6,17-18,32H,7-16,19-20H2,1H3;1H. The molecule has 2 aliphatic heterocycles. The van der Waals surface area contributed by atoms with Crippen molar-refractivity contribution < 1.29 is 23.4 Å². The minimum Gasteiger partial charge on any atom is -0.307 e. The van der Waals surface area contributed by atoms with Crippen molar-refractivity contribution in [2.75, 3.05) is 35.5 Å². The lowest BCUT2D eigenvalue weighted by atomic mass is 9.66. The number of amides is 1. The second kappa shape index (κ2) is 9.01. The molecule has 1 saturated heterocycles. The molecule has 0 radical (unpaired) electrons. The van der Waals surface area contributed by atoms with Crippen LogP contribution in [-0.4, -0.2) is 51.0 Å². The van der Waals surface area contributed by atoms with E-state index in [0.717, 1.165) is 48.8 Å². The smallest absolute Gasteiger partial charge is 0.258 e. The minimum atomic E-state index is -3.42. The summed E-state index contributed by atoms with van der Waals surface area (Å²) >= 11 is 0. The molecule has 1 N–H and O–H groups in total. The zero-order valence-corrected chi connectivity index (χ0v) is 22.6. The van der Waals surface area contributed by atoms with Crippen molar-refractivity contribution in [3.05, 3.63) is 59.2 Å². The highest BCUT2D eigenvalue weighted by atomic mass is 32.2. The highest BCUT2D eigenvalue weighted by Crippen LogP contribution is 2.62. The molecule has 2 saturated carbocycles. The molecule has 206 valence electrons. The van der Waals surface area contributed by atoms with Crippen LogP contribution in [0.5, 0.6) is 0 Å². The maximum absolute atomic E-state index is 13.9. The van der Waals surface area contributed by atoms with E-state index >= 15 is 0 Å². The lowest BCUT2D eigenvalue weighted by molar-refractivity contribution is -0.0566. The number of carbonyl (C=O) groups excluding carboxylic acids is 1. The fraction of sp³-hybridized carbons (Fsp3) is 0.552. The summed E-state index contributed by atoms with van der Waals surface area (Å²) in [4.78, 5) is 17.8. The van der Waals surface area contributed by atoms with E-state index in [-0.39, 0.29) is 25.6 Å². The molecule has 2 heterocycles. The van der Waals surface area contributed by atoms with Gasteiger partial charge in [0.15, 0.2) is 0 Å². The summed E-state index contributed by atoms with van der Waals surface area (Å²) < 4.78 is 53.6. The molecule has 38 heavy (non-hydrogen) atoms. The third kappa shape index (κ3) is 5.07. The molecule has 6 rings (SSSR count). The third-order valence-electron chi connectivity index (χ3n) is 9.26. The molecular formula is C29H37F2N3O3S. The summed E-state index contributed by atoms with van der Waals surface area (Å²) in [5.41, 5.74) is 4.27. The van der Waals surface area contributed by atoms with Gasteiger partial charge in [-0.05, 0) is 85.4 Å². The number of anilines is 2. The second-order valence-corrected chi connectivity index (χ2v) is 13.9. The molecule has 0 aromatic heterocycles. The number of fused-ring (bicyclic) bond motifs is 2. The molecule has 9 heteroatoms. The van der Waals surface area contributed by atoms with Crippen LogP contribution in [0.1, 0.15) is 74.3 Å². The first-order valence-electron chi connectivity index (χ1n) is 13.6. The Hall–Kier alpha value is -2.52. The zero-order valence-electron chi connectivity index (χ0n) is 21.8. The first-order chi connectivity index (χ1) is 18.0. The van der Waals surface area contributed by atoms with Crippen molar-refractivity contribution in [1.29, 1.82) is 0 Å². The van der Waals surface area contributed by atoms with Crippen LogP contribution in [0.4, 0.5) is 20.2 Å². The number of carbonyl (C=O) groups is 1. The van der Waals surface area contributed by atoms with E-state index in [0.29, 0.717) is 42.8 Å². The monoisotopic (exact) mass is 545 g/mol. The van der Waals surface area contributed by atoms with Crippen LogP contribution in [0.25, 0.3) is 0 Å². The Morgan fingerprint density at radius 1 is 0.974 bits per heavy atom. The van der Waals surface area contributed by atoms with Crippen LogP contribution >= 0.6 is 0 Å². The lowest BCUT2D eigenvalue weighted by Gasteiger charge is -2.38. The summed E-state index contributed by atoms with van der Waals surface area (Å²) in [6, 6.07) is 13.0. The van der Waals surface area contributed by atoms with Gasteiger partial charge in [-0.3, -0.25) is 14.4 Å². The zero-order chi connectivity index (χ0) is 26.8. The number of sulfonamides is 1. The van der Waals surface area contributed by atoms with E-state index in [1.165, 1.54) is 12.8 Å². The molecule has 2 spiro atoms. The van der Waals surface area contributed by atoms with Gasteiger partial charge in [-0.1, -0.05) is 12.1 Å². The third-order valence-corrected chi connectivity index (χ3v) is 9.87. The fourth-order valence-electron chi connectivity index (χ4n) is 6.75. The van der Waals surface area contributed by atoms with Gasteiger partial charge in [0.05, 0.1) is 6.26 Å². The first-order valence-corrected chi connectivity index (χ1v) is 15.5. The Balaban J connectivity index is 0.00000308. The van der Waals surface area contributed by atoms with E-state index < -0.39 is 15.9 Å². The second-order valence-electron chi connectivity index (χ2n) is 12.1. The summed E-state index contributed by atoms with van der Waals surface area (Å²) in [5, 5.41) is 0. The molecule has 2 aromatic rings. The minimum absolute atomic E-state index is 0. The number of hydrogen-bond acceptors (Lipinski definition) is 4. The molecule has 4 aliphatic rings. The van der Waals surface area contributed by atoms with Crippen molar-refractivity contribution in [1.82, 2.24) is 4.90 Å². The van der Waals surface area contributed by atoms with Gasteiger partial charge < -0.3 is 4.90 Å². The van der Waals surface area contributed by atoms with Gasteiger partial charge in [-0.25, -0.2) is 17.2 Å². The van der Waals surface area contributed by atoms with Gasteiger partial charge in [0, 0.05) is 62.8 Å². The average molecular weight is 546 g/mol.